The fourth-order valence-electron chi connectivity index (χ4n) is 1.27. The van der Waals surface area contributed by atoms with E-state index in [-0.39, 0.29) is 6.61 Å². The van der Waals surface area contributed by atoms with Gasteiger partial charge in [-0.1, -0.05) is 15.9 Å². The Morgan fingerprint density at radius 3 is 2.65 bits per heavy atom. The zero-order valence-corrected chi connectivity index (χ0v) is 11.4. The van der Waals surface area contributed by atoms with E-state index in [2.05, 4.69) is 15.9 Å². The SMILES string of the molecule is COCCOCCOc1ccc(Br)cc1CO. The van der Waals surface area contributed by atoms with Crippen LogP contribution in [-0.4, -0.2) is 38.6 Å². The Morgan fingerprint density at radius 2 is 1.94 bits per heavy atom. The molecule has 96 valence electrons. The molecule has 1 N–H and O–H groups in total. The van der Waals surface area contributed by atoms with Crippen molar-refractivity contribution < 1.29 is 19.3 Å². The molecular formula is C12H17BrO4. The third-order valence-electron chi connectivity index (χ3n) is 2.11. The Balaban J connectivity index is 2.31. The van der Waals surface area contributed by atoms with E-state index >= 15 is 0 Å². The molecule has 17 heavy (non-hydrogen) atoms. The van der Waals surface area contributed by atoms with Crippen LogP contribution in [0.15, 0.2) is 22.7 Å². The van der Waals surface area contributed by atoms with Crippen molar-refractivity contribution in [2.24, 2.45) is 0 Å². The number of rotatable bonds is 8. The van der Waals surface area contributed by atoms with Gasteiger partial charge in [-0.2, -0.15) is 0 Å². The lowest BCUT2D eigenvalue weighted by Gasteiger charge is -2.10. The molecule has 0 amide bonds. The van der Waals surface area contributed by atoms with E-state index in [0.717, 1.165) is 10.0 Å². The molecule has 0 aliphatic carbocycles. The van der Waals surface area contributed by atoms with Gasteiger partial charge in [-0.05, 0) is 18.2 Å². The fraction of sp³-hybridized carbons (Fsp3) is 0.500. The second-order valence-corrected chi connectivity index (χ2v) is 4.28. The minimum absolute atomic E-state index is 0.0424. The van der Waals surface area contributed by atoms with Gasteiger partial charge in [-0.3, -0.25) is 0 Å². The molecule has 0 aliphatic heterocycles. The van der Waals surface area contributed by atoms with Gasteiger partial charge in [-0.15, -0.1) is 0 Å². The summed E-state index contributed by atoms with van der Waals surface area (Å²) in [5, 5.41) is 9.17. The summed E-state index contributed by atoms with van der Waals surface area (Å²) in [6, 6.07) is 5.53. The van der Waals surface area contributed by atoms with Crippen LogP contribution in [0.25, 0.3) is 0 Å². The Morgan fingerprint density at radius 1 is 1.18 bits per heavy atom. The van der Waals surface area contributed by atoms with Crippen LogP contribution in [0.3, 0.4) is 0 Å². The third kappa shape index (κ3) is 5.50. The van der Waals surface area contributed by atoms with Crippen molar-refractivity contribution in [1.82, 2.24) is 0 Å². The van der Waals surface area contributed by atoms with Crippen molar-refractivity contribution in [1.29, 1.82) is 0 Å². The molecule has 1 aromatic rings. The highest BCUT2D eigenvalue weighted by Gasteiger charge is 2.03. The summed E-state index contributed by atoms with van der Waals surface area (Å²) in [6.07, 6.45) is 0. The molecule has 0 fully saturated rings. The number of hydrogen-bond acceptors (Lipinski definition) is 4. The van der Waals surface area contributed by atoms with E-state index in [9.17, 15) is 0 Å². The number of halogens is 1. The number of ether oxygens (including phenoxy) is 3. The van der Waals surface area contributed by atoms with E-state index in [0.29, 0.717) is 32.2 Å². The highest BCUT2D eigenvalue weighted by molar-refractivity contribution is 9.10. The molecule has 0 spiro atoms. The van der Waals surface area contributed by atoms with Gasteiger partial charge in [0, 0.05) is 17.1 Å². The first-order valence-corrected chi connectivity index (χ1v) is 6.16. The van der Waals surface area contributed by atoms with Crippen LogP contribution in [0, 0.1) is 0 Å². The molecule has 0 bridgehead atoms. The summed E-state index contributed by atoms with van der Waals surface area (Å²) in [5.74, 6) is 0.686. The smallest absolute Gasteiger partial charge is 0.125 e. The summed E-state index contributed by atoms with van der Waals surface area (Å²) in [4.78, 5) is 0. The topological polar surface area (TPSA) is 47.9 Å². The molecule has 0 heterocycles. The molecule has 0 saturated heterocycles. The van der Waals surface area contributed by atoms with Crippen LogP contribution >= 0.6 is 15.9 Å². The van der Waals surface area contributed by atoms with Crippen LogP contribution in [0.4, 0.5) is 0 Å². The molecule has 1 aromatic carbocycles. The predicted octanol–water partition coefficient (Wildman–Crippen LogP) is 1.98. The lowest BCUT2D eigenvalue weighted by atomic mass is 10.2. The molecular weight excluding hydrogens is 288 g/mol. The average Bonchev–Trinajstić information content (AvgIpc) is 2.35. The molecule has 0 aliphatic rings. The number of methoxy groups -OCH3 is 1. The van der Waals surface area contributed by atoms with Crippen LogP contribution < -0.4 is 4.74 Å². The summed E-state index contributed by atoms with van der Waals surface area (Å²) in [5.41, 5.74) is 0.760. The number of benzene rings is 1. The Bertz CT molecular complexity index is 330. The van der Waals surface area contributed by atoms with Crippen molar-refractivity contribution >= 4 is 15.9 Å². The fourth-order valence-corrected chi connectivity index (χ4v) is 1.68. The normalized spacial score (nSPS) is 10.5. The molecule has 0 unspecified atom stereocenters. The van der Waals surface area contributed by atoms with Gasteiger partial charge < -0.3 is 19.3 Å². The maximum atomic E-state index is 9.17. The highest BCUT2D eigenvalue weighted by atomic mass is 79.9. The number of aliphatic hydroxyl groups is 1. The maximum Gasteiger partial charge on any atom is 0.125 e. The molecule has 1 rings (SSSR count). The van der Waals surface area contributed by atoms with Crippen LogP contribution in [0.5, 0.6) is 5.75 Å². The van der Waals surface area contributed by atoms with Crippen molar-refractivity contribution in [3.05, 3.63) is 28.2 Å². The monoisotopic (exact) mass is 304 g/mol. The predicted molar refractivity (Wildman–Crippen MR) is 68.3 cm³/mol. The standard InChI is InChI=1S/C12H17BrO4/c1-15-4-5-16-6-7-17-12-3-2-11(13)8-10(12)9-14/h2-3,8,14H,4-7,9H2,1H3. The zero-order valence-electron chi connectivity index (χ0n) is 9.82. The molecule has 0 saturated carbocycles. The third-order valence-corrected chi connectivity index (χ3v) is 2.60. The van der Waals surface area contributed by atoms with Crippen molar-refractivity contribution in [2.45, 2.75) is 6.61 Å². The Labute approximate surface area is 110 Å². The van der Waals surface area contributed by atoms with Gasteiger partial charge in [0.05, 0.1) is 26.4 Å². The number of aliphatic hydroxyl groups excluding tert-OH is 1. The number of hydrogen-bond donors (Lipinski definition) is 1. The van der Waals surface area contributed by atoms with Gasteiger partial charge in [0.25, 0.3) is 0 Å². The van der Waals surface area contributed by atoms with Crippen LogP contribution in [-0.2, 0) is 16.1 Å². The lowest BCUT2D eigenvalue weighted by molar-refractivity contribution is 0.0540. The van der Waals surface area contributed by atoms with E-state index < -0.39 is 0 Å². The lowest BCUT2D eigenvalue weighted by Crippen LogP contribution is -2.10. The first kappa shape index (κ1) is 14.4. The first-order valence-electron chi connectivity index (χ1n) is 5.36. The molecule has 5 heteroatoms. The van der Waals surface area contributed by atoms with Crippen molar-refractivity contribution in [3.63, 3.8) is 0 Å². The minimum atomic E-state index is -0.0424. The Hall–Kier alpha value is -0.620. The first-order chi connectivity index (χ1) is 8.27. The zero-order chi connectivity index (χ0) is 12.5. The quantitative estimate of drug-likeness (QED) is 0.746. The minimum Gasteiger partial charge on any atom is -0.491 e. The summed E-state index contributed by atoms with van der Waals surface area (Å²) >= 11 is 3.34. The molecule has 4 nitrogen and oxygen atoms in total. The van der Waals surface area contributed by atoms with E-state index in [1.165, 1.54) is 0 Å². The van der Waals surface area contributed by atoms with Gasteiger partial charge in [0.1, 0.15) is 12.4 Å². The summed E-state index contributed by atoms with van der Waals surface area (Å²) in [6.45, 7) is 2.06. The van der Waals surface area contributed by atoms with Crippen molar-refractivity contribution in [3.8, 4) is 5.75 Å². The van der Waals surface area contributed by atoms with Gasteiger partial charge >= 0.3 is 0 Å². The van der Waals surface area contributed by atoms with Gasteiger partial charge in [0.15, 0.2) is 0 Å². The van der Waals surface area contributed by atoms with Crippen molar-refractivity contribution in [2.75, 3.05) is 33.5 Å². The van der Waals surface area contributed by atoms with Crippen LogP contribution in [0.2, 0.25) is 0 Å². The Kier molecular flexibility index (Phi) is 7.19. The highest BCUT2D eigenvalue weighted by Crippen LogP contribution is 2.23. The van der Waals surface area contributed by atoms with E-state index in [1.54, 1.807) is 7.11 Å². The van der Waals surface area contributed by atoms with Crippen LogP contribution in [0.1, 0.15) is 5.56 Å². The van der Waals surface area contributed by atoms with E-state index in [4.69, 9.17) is 19.3 Å². The second kappa shape index (κ2) is 8.47. The van der Waals surface area contributed by atoms with E-state index in [1.807, 2.05) is 18.2 Å². The average molecular weight is 305 g/mol. The molecule has 0 aromatic heterocycles. The molecule has 0 atom stereocenters. The largest absolute Gasteiger partial charge is 0.491 e. The van der Waals surface area contributed by atoms with Gasteiger partial charge in [-0.25, -0.2) is 0 Å². The summed E-state index contributed by atoms with van der Waals surface area (Å²) in [7, 11) is 1.63. The second-order valence-electron chi connectivity index (χ2n) is 3.36. The van der Waals surface area contributed by atoms with Gasteiger partial charge in [0.2, 0.25) is 0 Å². The maximum absolute atomic E-state index is 9.17. The molecule has 0 radical (unpaired) electrons. The summed E-state index contributed by atoms with van der Waals surface area (Å²) < 4.78 is 16.6.